The SMILES string of the molecule is CC1(C)[C@@H]2C[C@H]3OB([C@H](Cc4coc5ccccc45)NC(=O)OCC4CCCC4)O[C@@]3(C)[C@H]1C2. The minimum absolute atomic E-state index is 0.0641. The molecule has 1 aromatic carbocycles. The number of rotatable bonds is 6. The minimum Gasteiger partial charge on any atom is -0.464 e. The first kappa shape index (κ1) is 22.5. The highest BCUT2D eigenvalue weighted by Crippen LogP contribution is 2.65. The van der Waals surface area contributed by atoms with Crippen molar-refractivity contribution < 1.29 is 23.3 Å². The highest BCUT2D eigenvalue weighted by atomic mass is 16.7. The second-order valence-corrected chi connectivity index (χ2v) is 11.8. The van der Waals surface area contributed by atoms with Crippen molar-refractivity contribution in [1.82, 2.24) is 5.32 Å². The molecular formula is C27H36BNO5. The number of furan rings is 1. The Kier molecular flexibility index (Phi) is 5.49. The van der Waals surface area contributed by atoms with Crippen LogP contribution in [0.4, 0.5) is 4.79 Å². The molecule has 7 rings (SSSR count). The quantitative estimate of drug-likeness (QED) is 0.569. The van der Waals surface area contributed by atoms with E-state index in [9.17, 15) is 4.79 Å². The highest BCUT2D eigenvalue weighted by Gasteiger charge is 2.68. The molecule has 1 N–H and O–H groups in total. The molecule has 0 unspecified atom stereocenters. The molecule has 1 aliphatic heterocycles. The fraction of sp³-hybridized carbons (Fsp3) is 0.667. The monoisotopic (exact) mass is 465 g/mol. The van der Waals surface area contributed by atoms with Crippen LogP contribution in [0.15, 0.2) is 34.9 Å². The second-order valence-electron chi connectivity index (χ2n) is 11.8. The molecule has 1 aromatic heterocycles. The van der Waals surface area contributed by atoms with Crippen molar-refractivity contribution in [2.24, 2.45) is 23.2 Å². The zero-order valence-electron chi connectivity index (χ0n) is 20.5. The third kappa shape index (κ3) is 3.67. The molecule has 4 aliphatic carbocycles. The third-order valence-electron chi connectivity index (χ3n) is 9.53. The van der Waals surface area contributed by atoms with Crippen molar-refractivity contribution in [1.29, 1.82) is 0 Å². The fourth-order valence-electron chi connectivity index (χ4n) is 7.28. The molecule has 5 atom stereocenters. The van der Waals surface area contributed by atoms with Crippen molar-refractivity contribution in [3.63, 3.8) is 0 Å². The maximum absolute atomic E-state index is 12.9. The summed E-state index contributed by atoms with van der Waals surface area (Å²) < 4.78 is 24.7. The van der Waals surface area contributed by atoms with Gasteiger partial charge in [-0.1, -0.05) is 44.9 Å². The smallest absolute Gasteiger partial charge is 0.464 e. The van der Waals surface area contributed by atoms with Crippen molar-refractivity contribution in [3.05, 3.63) is 36.1 Å². The second kappa shape index (κ2) is 8.30. The Labute approximate surface area is 202 Å². The molecular weight excluding hydrogens is 429 g/mol. The van der Waals surface area contributed by atoms with E-state index >= 15 is 0 Å². The van der Waals surface area contributed by atoms with Crippen molar-refractivity contribution in [2.45, 2.75) is 83.4 Å². The van der Waals surface area contributed by atoms with Gasteiger partial charge in [0.1, 0.15) is 5.58 Å². The van der Waals surface area contributed by atoms with Crippen LogP contribution >= 0.6 is 0 Å². The number of alkyl carbamates (subject to hydrolysis) is 1. The van der Waals surface area contributed by atoms with Crippen molar-refractivity contribution in [3.8, 4) is 0 Å². The van der Waals surface area contributed by atoms with E-state index in [0.29, 0.717) is 30.8 Å². The molecule has 6 nitrogen and oxygen atoms in total. The first-order valence-corrected chi connectivity index (χ1v) is 13.1. The molecule has 34 heavy (non-hydrogen) atoms. The number of nitrogens with one attached hydrogen (secondary N) is 1. The van der Waals surface area contributed by atoms with Crippen LogP contribution in [0.5, 0.6) is 0 Å². The van der Waals surface area contributed by atoms with Gasteiger partial charge in [-0.2, -0.15) is 0 Å². The van der Waals surface area contributed by atoms with E-state index in [-0.39, 0.29) is 29.2 Å². The lowest BCUT2D eigenvalue weighted by atomic mass is 9.43. The van der Waals surface area contributed by atoms with E-state index in [2.05, 4.69) is 32.2 Å². The minimum atomic E-state index is -0.516. The number of hydrogen-bond donors (Lipinski definition) is 1. The van der Waals surface area contributed by atoms with Gasteiger partial charge in [-0.05, 0) is 73.8 Å². The number of amides is 1. The van der Waals surface area contributed by atoms with Gasteiger partial charge in [-0.3, -0.25) is 0 Å². The van der Waals surface area contributed by atoms with Crippen molar-refractivity contribution >= 4 is 24.2 Å². The van der Waals surface area contributed by atoms with Crippen LogP contribution in [0, 0.1) is 23.2 Å². The first-order valence-electron chi connectivity index (χ1n) is 13.1. The predicted molar refractivity (Wildman–Crippen MR) is 130 cm³/mol. The van der Waals surface area contributed by atoms with Gasteiger partial charge >= 0.3 is 13.2 Å². The van der Waals surface area contributed by atoms with Gasteiger partial charge < -0.3 is 23.8 Å². The average molecular weight is 465 g/mol. The van der Waals surface area contributed by atoms with Gasteiger partial charge in [0, 0.05) is 5.39 Å². The van der Waals surface area contributed by atoms with E-state index in [0.717, 1.165) is 35.8 Å². The topological polar surface area (TPSA) is 69.9 Å². The molecule has 7 heteroatoms. The molecule has 2 aromatic rings. The lowest BCUT2D eigenvalue weighted by Crippen LogP contribution is -2.65. The Morgan fingerprint density at radius 2 is 2.00 bits per heavy atom. The number of carbonyl (C=O) groups is 1. The fourth-order valence-corrected chi connectivity index (χ4v) is 7.28. The molecule has 0 spiro atoms. The Morgan fingerprint density at radius 1 is 1.21 bits per heavy atom. The van der Waals surface area contributed by atoms with Gasteiger partial charge in [-0.15, -0.1) is 0 Å². The van der Waals surface area contributed by atoms with Gasteiger partial charge in [-0.25, -0.2) is 4.79 Å². The molecule has 2 bridgehead atoms. The molecule has 182 valence electrons. The summed E-state index contributed by atoms with van der Waals surface area (Å²) in [5.74, 6) is 1.27. The van der Waals surface area contributed by atoms with Gasteiger partial charge in [0.2, 0.25) is 0 Å². The maximum Gasteiger partial charge on any atom is 0.482 e. The molecule has 1 amide bonds. The summed E-state index contributed by atoms with van der Waals surface area (Å²) in [5.41, 5.74) is 1.83. The first-order chi connectivity index (χ1) is 16.3. The van der Waals surface area contributed by atoms with Gasteiger partial charge in [0.15, 0.2) is 0 Å². The summed E-state index contributed by atoms with van der Waals surface area (Å²) in [6.07, 6.45) is 8.98. The zero-order valence-corrected chi connectivity index (χ0v) is 20.5. The van der Waals surface area contributed by atoms with E-state index in [4.69, 9.17) is 18.5 Å². The van der Waals surface area contributed by atoms with Crippen LogP contribution in [0.1, 0.15) is 64.9 Å². The lowest BCUT2D eigenvalue weighted by molar-refractivity contribution is -0.199. The van der Waals surface area contributed by atoms with E-state index < -0.39 is 7.12 Å². The van der Waals surface area contributed by atoms with E-state index in [1.807, 2.05) is 18.2 Å². The predicted octanol–water partition coefficient (Wildman–Crippen LogP) is 5.53. The number of carbonyl (C=O) groups excluding carboxylic acids is 1. The standard InChI is InChI=1S/C27H36BNO5/c1-26(2)19-13-22(26)27(3)23(14-19)33-28(34-27)24(29-25(30)32-15-17-8-4-5-9-17)12-18-16-31-21-11-7-6-10-20(18)21/h6-7,10-11,16-17,19,22-24H,4-5,8-9,12-15H2,1-3H3,(H,29,30)/t19-,22-,23+,24-,27-/m0/s1. The maximum atomic E-state index is 12.9. The molecule has 1 saturated heterocycles. The van der Waals surface area contributed by atoms with Crippen LogP contribution in [0.2, 0.25) is 0 Å². The Bertz CT molecular complexity index is 1060. The highest BCUT2D eigenvalue weighted by molar-refractivity contribution is 6.48. The van der Waals surface area contributed by atoms with E-state index in [1.165, 1.54) is 19.3 Å². The van der Waals surface area contributed by atoms with Crippen LogP contribution < -0.4 is 5.32 Å². The summed E-state index contributed by atoms with van der Waals surface area (Å²) >= 11 is 0. The van der Waals surface area contributed by atoms with Crippen LogP contribution in [-0.4, -0.2) is 37.5 Å². The summed E-state index contributed by atoms with van der Waals surface area (Å²) in [4.78, 5) is 12.9. The number of ether oxygens (including phenoxy) is 1. The summed E-state index contributed by atoms with van der Waals surface area (Å²) in [7, 11) is -0.516. The molecule has 5 aliphatic rings. The zero-order chi connectivity index (χ0) is 23.5. The normalized spacial score (nSPS) is 32.9. The Balaban J connectivity index is 1.21. The van der Waals surface area contributed by atoms with Crippen LogP contribution in [0.3, 0.4) is 0 Å². The van der Waals surface area contributed by atoms with Gasteiger partial charge in [0.05, 0.1) is 30.5 Å². The molecule has 5 fully saturated rings. The lowest BCUT2D eigenvalue weighted by Gasteiger charge is -2.64. The van der Waals surface area contributed by atoms with E-state index in [1.54, 1.807) is 6.26 Å². The largest absolute Gasteiger partial charge is 0.482 e. The molecule has 4 saturated carbocycles. The van der Waals surface area contributed by atoms with Crippen LogP contribution in [0.25, 0.3) is 11.0 Å². The Morgan fingerprint density at radius 3 is 2.79 bits per heavy atom. The average Bonchev–Trinajstić information content (AvgIpc) is 3.55. The number of benzene rings is 1. The summed E-state index contributed by atoms with van der Waals surface area (Å²) in [5, 5.41) is 4.16. The van der Waals surface area contributed by atoms with Gasteiger partial charge in [0.25, 0.3) is 0 Å². The third-order valence-corrected chi connectivity index (χ3v) is 9.53. The summed E-state index contributed by atoms with van der Waals surface area (Å²) in [6.45, 7) is 7.41. The number of fused-ring (bicyclic) bond motifs is 1. The van der Waals surface area contributed by atoms with Crippen molar-refractivity contribution in [2.75, 3.05) is 6.61 Å². The van der Waals surface area contributed by atoms with Crippen LogP contribution in [-0.2, 0) is 20.5 Å². The summed E-state index contributed by atoms with van der Waals surface area (Å²) in [6, 6.07) is 7.99. The number of para-hydroxylation sites is 1. The molecule has 2 heterocycles. The molecule has 0 radical (unpaired) electrons. The Hall–Kier alpha value is -1.99. The number of hydrogen-bond acceptors (Lipinski definition) is 5.